The normalized spacial score (nSPS) is 27.3. The first kappa shape index (κ1) is 12.2. The fraction of sp³-hybridized carbons (Fsp3) is 0.583. The molecule has 2 fully saturated rings. The van der Waals surface area contributed by atoms with Crippen molar-refractivity contribution >= 4 is 17.4 Å². The SMILES string of the molecule is COC1OC1c1cc(Cl)cc(N2CCOCC2)n1. The Morgan fingerprint density at radius 1 is 1.39 bits per heavy atom. The molecule has 2 aliphatic heterocycles. The van der Waals surface area contributed by atoms with Gasteiger partial charge in [-0.1, -0.05) is 11.6 Å². The summed E-state index contributed by atoms with van der Waals surface area (Å²) in [5.74, 6) is 0.881. The molecule has 0 spiro atoms. The van der Waals surface area contributed by atoms with Crippen molar-refractivity contribution in [3.05, 3.63) is 22.8 Å². The second kappa shape index (κ2) is 5.01. The second-order valence-corrected chi connectivity index (χ2v) is 4.77. The fourth-order valence-electron chi connectivity index (χ4n) is 2.09. The van der Waals surface area contributed by atoms with Crippen LogP contribution in [0, 0.1) is 0 Å². The Labute approximate surface area is 111 Å². The van der Waals surface area contributed by atoms with Crippen LogP contribution in [0.2, 0.25) is 5.02 Å². The van der Waals surface area contributed by atoms with Crippen LogP contribution in [0.15, 0.2) is 12.1 Å². The van der Waals surface area contributed by atoms with E-state index in [2.05, 4.69) is 9.88 Å². The molecular weight excluding hydrogens is 256 g/mol. The molecule has 98 valence electrons. The van der Waals surface area contributed by atoms with Crippen molar-refractivity contribution in [2.45, 2.75) is 12.4 Å². The Morgan fingerprint density at radius 2 is 2.17 bits per heavy atom. The number of nitrogens with zero attached hydrogens (tertiary/aromatic N) is 2. The lowest BCUT2D eigenvalue weighted by atomic mass is 10.2. The number of ether oxygens (including phenoxy) is 3. The number of rotatable bonds is 3. The molecule has 3 rings (SSSR count). The smallest absolute Gasteiger partial charge is 0.190 e. The van der Waals surface area contributed by atoms with Crippen LogP contribution in [-0.2, 0) is 14.2 Å². The van der Waals surface area contributed by atoms with E-state index in [4.69, 9.17) is 25.8 Å². The Bertz CT molecular complexity index is 437. The van der Waals surface area contributed by atoms with Crippen molar-refractivity contribution in [3.8, 4) is 0 Å². The summed E-state index contributed by atoms with van der Waals surface area (Å²) in [5.41, 5.74) is 0.829. The van der Waals surface area contributed by atoms with Gasteiger partial charge in [0.25, 0.3) is 0 Å². The van der Waals surface area contributed by atoms with Gasteiger partial charge < -0.3 is 19.1 Å². The van der Waals surface area contributed by atoms with Crippen LogP contribution in [0.4, 0.5) is 5.82 Å². The standard InChI is InChI=1S/C12H15ClN2O3/c1-16-12-11(18-12)9-6-8(13)7-10(14-9)15-2-4-17-5-3-15/h6-7,11-12H,2-5H2,1H3. The van der Waals surface area contributed by atoms with Crippen LogP contribution in [-0.4, -0.2) is 44.7 Å². The van der Waals surface area contributed by atoms with E-state index in [0.29, 0.717) is 5.02 Å². The van der Waals surface area contributed by atoms with Crippen molar-refractivity contribution in [2.75, 3.05) is 38.3 Å². The lowest BCUT2D eigenvalue weighted by Crippen LogP contribution is -2.36. The first-order chi connectivity index (χ1) is 8.78. The van der Waals surface area contributed by atoms with Crippen molar-refractivity contribution in [3.63, 3.8) is 0 Å². The number of hydrogen-bond acceptors (Lipinski definition) is 5. The van der Waals surface area contributed by atoms with Gasteiger partial charge in [0.2, 0.25) is 0 Å². The van der Waals surface area contributed by atoms with Crippen molar-refractivity contribution in [1.82, 2.24) is 4.98 Å². The van der Waals surface area contributed by atoms with Gasteiger partial charge in [-0.3, -0.25) is 0 Å². The van der Waals surface area contributed by atoms with Crippen LogP contribution in [0.25, 0.3) is 0 Å². The minimum atomic E-state index is -0.187. The topological polar surface area (TPSA) is 47.1 Å². The van der Waals surface area contributed by atoms with Gasteiger partial charge in [0.1, 0.15) is 5.82 Å². The molecule has 0 aliphatic carbocycles. The third kappa shape index (κ3) is 2.44. The van der Waals surface area contributed by atoms with Crippen LogP contribution >= 0.6 is 11.6 Å². The first-order valence-electron chi connectivity index (χ1n) is 5.96. The van der Waals surface area contributed by atoms with Crippen LogP contribution in [0.1, 0.15) is 11.8 Å². The summed E-state index contributed by atoms with van der Waals surface area (Å²) in [7, 11) is 1.62. The summed E-state index contributed by atoms with van der Waals surface area (Å²) in [5, 5.41) is 0.673. The maximum Gasteiger partial charge on any atom is 0.190 e. The third-order valence-electron chi connectivity index (χ3n) is 3.11. The van der Waals surface area contributed by atoms with E-state index in [-0.39, 0.29) is 12.4 Å². The van der Waals surface area contributed by atoms with Crippen LogP contribution in [0.3, 0.4) is 0 Å². The second-order valence-electron chi connectivity index (χ2n) is 4.33. The van der Waals surface area contributed by atoms with Gasteiger partial charge in [0.05, 0.1) is 18.9 Å². The molecule has 18 heavy (non-hydrogen) atoms. The molecule has 0 N–H and O–H groups in total. The molecule has 2 saturated heterocycles. The Balaban J connectivity index is 1.81. The largest absolute Gasteiger partial charge is 0.378 e. The number of epoxide rings is 1. The van der Waals surface area contributed by atoms with Gasteiger partial charge >= 0.3 is 0 Å². The number of halogens is 1. The van der Waals surface area contributed by atoms with E-state index in [1.54, 1.807) is 7.11 Å². The number of aromatic nitrogens is 1. The molecule has 0 radical (unpaired) electrons. The Morgan fingerprint density at radius 3 is 2.83 bits per heavy atom. The molecule has 5 nitrogen and oxygen atoms in total. The highest BCUT2D eigenvalue weighted by atomic mass is 35.5. The van der Waals surface area contributed by atoms with Gasteiger partial charge in [-0.15, -0.1) is 0 Å². The maximum absolute atomic E-state index is 6.14. The van der Waals surface area contributed by atoms with Gasteiger partial charge in [-0.25, -0.2) is 4.98 Å². The van der Waals surface area contributed by atoms with Crippen LogP contribution < -0.4 is 4.90 Å². The van der Waals surface area contributed by atoms with E-state index in [1.807, 2.05) is 12.1 Å². The minimum absolute atomic E-state index is 0.0894. The summed E-state index contributed by atoms with van der Waals surface area (Å²) < 4.78 is 15.8. The lowest BCUT2D eigenvalue weighted by molar-refractivity contribution is 0.0950. The third-order valence-corrected chi connectivity index (χ3v) is 3.32. The fourth-order valence-corrected chi connectivity index (χ4v) is 2.30. The molecular formula is C12H15ClN2O3. The van der Waals surface area contributed by atoms with Gasteiger partial charge in [-0.2, -0.15) is 0 Å². The summed E-state index contributed by atoms with van der Waals surface area (Å²) >= 11 is 6.14. The van der Waals surface area contributed by atoms with Gasteiger partial charge in [0, 0.05) is 25.2 Å². The van der Waals surface area contributed by atoms with E-state index < -0.39 is 0 Å². The molecule has 2 unspecified atom stereocenters. The number of pyridine rings is 1. The molecule has 6 heteroatoms. The van der Waals surface area contributed by atoms with Crippen molar-refractivity contribution < 1.29 is 14.2 Å². The molecule has 1 aromatic rings. The van der Waals surface area contributed by atoms with E-state index >= 15 is 0 Å². The summed E-state index contributed by atoms with van der Waals surface area (Å²) in [6.07, 6.45) is -0.276. The number of anilines is 1. The summed E-state index contributed by atoms with van der Waals surface area (Å²) in [6.45, 7) is 3.13. The Kier molecular flexibility index (Phi) is 3.39. The molecule has 2 atom stereocenters. The van der Waals surface area contributed by atoms with E-state index in [9.17, 15) is 0 Å². The highest BCUT2D eigenvalue weighted by Crippen LogP contribution is 2.39. The Hall–Kier alpha value is -0.880. The zero-order valence-corrected chi connectivity index (χ0v) is 10.9. The highest BCUT2D eigenvalue weighted by molar-refractivity contribution is 6.30. The molecule has 0 saturated carbocycles. The average molecular weight is 271 g/mol. The molecule has 0 bridgehead atoms. The van der Waals surface area contributed by atoms with Crippen LogP contribution in [0.5, 0.6) is 0 Å². The summed E-state index contributed by atoms with van der Waals surface area (Å²) in [6, 6.07) is 3.70. The predicted octanol–water partition coefficient (Wildman–Crippen LogP) is 1.62. The number of hydrogen-bond donors (Lipinski definition) is 0. The number of methoxy groups -OCH3 is 1. The first-order valence-corrected chi connectivity index (χ1v) is 6.34. The number of morpholine rings is 1. The minimum Gasteiger partial charge on any atom is -0.378 e. The molecule has 0 amide bonds. The van der Waals surface area contributed by atoms with E-state index in [0.717, 1.165) is 37.8 Å². The van der Waals surface area contributed by atoms with Gasteiger partial charge in [0.15, 0.2) is 12.4 Å². The zero-order valence-electron chi connectivity index (χ0n) is 10.1. The lowest BCUT2D eigenvalue weighted by Gasteiger charge is -2.28. The quantitative estimate of drug-likeness (QED) is 0.781. The molecule has 2 aliphatic rings. The average Bonchev–Trinajstić information content (AvgIpc) is 3.18. The van der Waals surface area contributed by atoms with E-state index in [1.165, 1.54) is 0 Å². The van der Waals surface area contributed by atoms with Gasteiger partial charge in [-0.05, 0) is 12.1 Å². The molecule has 0 aromatic carbocycles. The molecule has 3 heterocycles. The zero-order chi connectivity index (χ0) is 12.5. The van der Waals surface area contributed by atoms with Crippen molar-refractivity contribution in [1.29, 1.82) is 0 Å². The summed E-state index contributed by atoms with van der Waals surface area (Å²) in [4.78, 5) is 6.77. The molecule has 1 aromatic heterocycles. The van der Waals surface area contributed by atoms with Crippen molar-refractivity contribution in [2.24, 2.45) is 0 Å². The maximum atomic E-state index is 6.14. The highest BCUT2D eigenvalue weighted by Gasteiger charge is 2.42. The monoisotopic (exact) mass is 270 g/mol. The predicted molar refractivity (Wildman–Crippen MR) is 66.9 cm³/mol.